The fraction of sp³-hybridized carbons (Fsp3) is 0. The molecule has 0 saturated heterocycles. The van der Waals surface area contributed by atoms with Crippen LogP contribution >= 0.6 is 0 Å². The molecule has 0 aliphatic carbocycles. The lowest BCUT2D eigenvalue weighted by Crippen LogP contribution is -1.94. The third-order valence-corrected chi connectivity index (χ3v) is 2.61. The van der Waals surface area contributed by atoms with Gasteiger partial charge in [0.2, 0.25) is 5.82 Å². The topological polar surface area (TPSA) is 51.8 Å². The van der Waals surface area contributed by atoms with Crippen molar-refractivity contribution in [2.45, 2.75) is 0 Å². The summed E-state index contributed by atoms with van der Waals surface area (Å²) in [5.41, 5.74) is 0.261. The average Bonchev–Trinajstić information content (AvgIpc) is 2.95. The second-order valence-electron chi connectivity index (χ2n) is 3.89. The fourth-order valence-corrected chi connectivity index (χ4v) is 1.64. The van der Waals surface area contributed by atoms with Crippen LogP contribution in [-0.2, 0) is 0 Å². The zero-order chi connectivity index (χ0) is 14.1. The van der Waals surface area contributed by atoms with Gasteiger partial charge < -0.3 is 4.52 Å². The summed E-state index contributed by atoms with van der Waals surface area (Å²) in [5, 5.41) is 3.65. The molecule has 0 radical (unpaired) electrons. The molecule has 20 heavy (non-hydrogen) atoms. The van der Waals surface area contributed by atoms with Gasteiger partial charge in [-0.15, -0.1) is 0 Å². The molecule has 0 spiro atoms. The molecule has 2 heterocycles. The quantitative estimate of drug-likeness (QED) is 0.675. The van der Waals surface area contributed by atoms with Crippen LogP contribution in [0.1, 0.15) is 0 Å². The zero-order valence-electron chi connectivity index (χ0n) is 9.85. The van der Waals surface area contributed by atoms with Gasteiger partial charge in [0.05, 0.1) is 5.56 Å². The molecule has 100 valence electrons. The van der Waals surface area contributed by atoms with Crippen molar-refractivity contribution >= 4 is 0 Å². The van der Waals surface area contributed by atoms with Crippen LogP contribution in [0, 0.1) is 17.5 Å². The number of hydrogen-bond donors (Lipinski definition) is 0. The lowest BCUT2D eigenvalue weighted by molar-refractivity contribution is 0.420. The summed E-state index contributed by atoms with van der Waals surface area (Å²) in [7, 11) is 0. The first kappa shape index (κ1) is 12.3. The van der Waals surface area contributed by atoms with Crippen LogP contribution in [0.25, 0.3) is 22.8 Å². The minimum absolute atomic E-state index is 0.178. The third kappa shape index (κ3) is 2.03. The van der Waals surface area contributed by atoms with Gasteiger partial charge in [0.1, 0.15) is 0 Å². The second-order valence-corrected chi connectivity index (χ2v) is 3.89. The van der Waals surface area contributed by atoms with Crippen molar-refractivity contribution in [2.24, 2.45) is 0 Å². The largest absolute Gasteiger partial charge is 0.334 e. The molecule has 3 rings (SSSR count). The van der Waals surface area contributed by atoms with Gasteiger partial charge in [-0.2, -0.15) is 4.98 Å². The lowest BCUT2D eigenvalue weighted by Gasteiger charge is -1.99. The van der Waals surface area contributed by atoms with Crippen molar-refractivity contribution in [3.8, 4) is 22.8 Å². The standard InChI is InChI=1S/C13H6F3N3O/c14-9-4-3-8(10(15)11(9)16)13-18-12(19-20-13)7-2-1-5-17-6-7/h1-6H. The highest BCUT2D eigenvalue weighted by molar-refractivity contribution is 5.59. The van der Waals surface area contributed by atoms with E-state index in [9.17, 15) is 13.2 Å². The Morgan fingerprint density at radius 1 is 1.00 bits per heavy atom. The first-order valence-electron chi connectivity index (χ1n) is 5.55. The van der Waals surface area contributed by atoms with Crippen LogP contribution in [-0.4, -0.2) is 15.1 Å². The van der Waals surface area contributed by atoms with Gasteiger partial charge in [-0.05, 0) is 24.3 Å². The molecule has 0 amide bonds. The van der Waals surface area contributed by atoms with E-state index in [0.29, 0.717) is 5.56 Å². The Morgan fingerprint density at radius 3 is 2.60 bits per heavy atom. The number of pyridine rings is 1. The Morgan fingerprint density at radius 2 is 1.85 bits per heavy atom. The van der Waals surface area contributed by atoms with Gasteiger partial charge in [0.25, 0.3) is 5.89 Å². The molecule has 0 bridgehead atoms. The minimum Gasteiger partial charge on any atom is -0.334 e. The Balaban J connectivity index is 2.05. The van der Waals surface area contributed by atoms with Crippen LogP contribution in [0.4, 0.5) is 13.2 Å². The summed E-state index contributed by atoms with van der Waals surface area (Å²) < 4.78 is 44.5. The van der Waals surface area contributed by atoms with Crippen molar-refractivity contribution in [1.82, 2.24) is 15.1 Å². The Bertz CT molecular complexity index is 759. The summed E-state index contributed by atoms with van der Waals surface area (Å²) in [4.78, 5) is 7.82. The molecular weight excluding hydrogens is 271 g/mol. The van der Waals surface area contributed by atoms with Gasteiger partial charge in [-0.1, -0.05) is 5.16 Å². The van der Waals surface area contributed by atoms with E-state index >= 15 is 0 Å². The monoisotopic (exact) mass is 277 g/mol. The fourth-order valence-electron chi connectivity index (χ4n) is 1.64. The zero-order valence-corrected chi connectivity index (χ0v) is 9.85. The normalized spacial score (nSPS) is 10.8. The van der Waals surface area contributed by atoms with Gasteiger partial charge in [0.15, 0.2) is 17.5 Å². The molecule has 0 unspecified atom stereocenters. The van der Waals surface area contributed by atoms with Crippen LogP contribution in [0.15, 0.2) is 41.2 Å². The number of aromatic nitrogens is 3. The highest BCUT2D eigenvalue weighted by Crippen LogP contribution is 2.26. The number of rotatable bonds is 2. The van der Waals surface area contributed by atoms with E-state index in [-0.39, 0.29) is 17.3 Å². The van der Waals surface area contributed by atoms with Crippen LogP contribution in [0.2, 0.25) is 0 Å². The Hall–Kier alpha value is -2.70. The van der Waals surface area contributed by atoms with Gasteiger partial charge in [-0.25, -0.2) is 13.2 Å². The van der Waals surface area contributed by atoms with Crippen LogP contribution < -0.4 is 0 Å². The first-order chi connectivity index (χ1) is 9.66. The highest BCUT2D eigenvalue weighted by Gasteiger charge is 2.19. The maximum Gasteiger partial charge on any atom is 0.261 e. The van der Waals surface area contributed by atoms with E-state index in [0.717, 1.165) is 12.1 Å². The lowest BCUT2D eigenvalue weighted by atomic mass is 10.2. The Kier molecular flexibility index (Phi) is 2.94. The van der Waals surface area contributed by atoms with Gasteiger partial charge in [0, 0.05) is 18.0 Å². The predicted molar refractivity (Wildman–Crippen MR) is 62.8 cm³/mol. The molecule has 0 N–H and O–H groups in total. The molecule has 2 aromatic heterocycles. The number of halogens is 3. The SMILES string of the molecule is Fc1ccc(-c2nc(-c3cccnc3)no2)c(F)c1F. The van der Waals surface area contributed by atoms with E-state index in [1.54, 1.807) is 18.3 Å². The average molecular weight is 277 g/mol. The summed E-state index contributed by atoms with van der Waals surface area (Å²) in [5.74, 6) is -4.29. The van der Waals surface area contributed by atoms with Crippen LogP contribution in [0.5, 0.6) is 0 Å². The summed E-state index contributed by atoms with van der Waals surface area (Å²) in [6.07, 6.45) is 3.07. The molecule has 1 aromatic carbocycles. The van der Waals surface area contributed by atoms with Crippen molar-refractivity contribution in [1.29, 1.82) is 0 Å². The van der Waals surface area contributed by atoms with Crippen molar-refractivity contribution in [3.05, 3.63) is 54.1 Å². The molecular formula is C13H6F3N3O. The molecule has 0 aliphatic rings. The van der Waals surface area contributed by atoms with E-state index in [4.69, 9.17) is 4.52 Å². The molecule has 3 aromatic rings. The number of nitrogens with zero attached hydrogens (tertiary/aromatic N) is 3. The highest BCUT2D eigenvalue weighted by atomic mass is 19.2. The maximum atomic E-state index is 13.6. The molecule has 4 nitrogen and oxygen atoms in total. The van der Waals surface area contributed by atoms with Gasteiger partial charge in [-0.3, -0.25) is 4.98 Å². The third-order valence-electron chi connectivity index (χ3n) is 2.61. The molecule has 7 heteroatoms. The van der Waals surface area contributed by atoms with Crippen molar-refractivity contribution in [2.75, 3.05) is 0 Å². The van der Waals surface area contributed by atoms with E-state index in [1.165, 1.54) is 6.20 Å². The van der Waals surface area contributed by atoms with Crippen molar-refractivity contribution < 1.29 is 17.7 Å². The van der Waals surface area contributed by atoms with Crippen LogP contribution in [0.3, 0.4) is 0 Å². The maximum absolute atomic E-state index is 13.6. The van der Waals surface area contributed by atoms with E-state index < -0.39 is 17.5 Å². The predicted octanol–water partition coefficient (Wildman–Crippen LogP) is 3.22. The molecule has 0 aliphatic heterocycles. The Labute approximate surface area is 110 Å². The first-order valence-corrected chi connectivity index (χ1v) is 5.55. The molecule has 0 fully saturated rings. The second kappa shape index (κ2) is 4.76. The van der Waals surface area contributed by atoms with E-state index in [1.807, 2.05) is 0 Å². The minimum atomic E-state index is -1.58. The summed E-state index contributed by atoms with van der Waals surface area (Å²) in [6.45, 7) is 0. The summed E-state index contributed by atoms with van der Waals surface area (Å²) in [6, 6.07) is 5.18. The summed E-state index contributed by atoms with van der Waals surface area (Å²) >= 11 is 0. The molecule has 0 atom stereocenters. The number of benzene rings is 1. The number of hydrogen-bond acceptors (Lipinski definition) is 4. The van der Waals surface area contributed by atoms with E-state index in [2.05, 4.69) is 15.1 Å². The van der Waals surface area contributed by atoms with Crippen molar-refractivity contribution in [3.63, 3.8) is 0 Å². The van der Waals surface area contributed by atoms with Gasteiger partial charge >= 0.3 is 0 Å². The smallest absolute Gasteiger partial charge is 0.261 e. The molecule has 0 saturated carbocycles.